The van der Waals surface area contributed by atoms with Crippen molar-refractivity contribution in [3.8, 4) is 5.75 Å². The molecule has 6 nitrogen and oxygen atoms in total. The summed E-state index contributed by atoms with van der Waals surface area (Å²) in [6.45, 7) is -1.66. The zero-order valence-electron chi connectivity index (χ0n) is 11.1. The first-order chi connectivity index (χ1) is 10.2. The number of nitrogens with two attached hydrogens (primary N) is 1. The van der Waals surface area contributed by atoms with Crippen molar-refractivity contribution < 1.29 is 32.9 Å². The lowest BCUT2D eigenvalue weighted by atomic mass is 10.2. The Morgan fingerprint density at radius 2 is 1.95 bits per heavy atom. The van der Waals surface area contributed by atoms with E-state index in [1.54, 1.807) is 0 Å². The Morgan fingerprint density at radius 1 is 1.32 bits per heavy atom. The van der Waals surface area contributed by atoms with Gasteiger partial charge in [-0.3, -0.25) is 9.79 Å². The highest BCUT2D eigenvalue weighted by molar-refractivity contribution is 5.99. The molecule has 0 bridgehead atoms. The molecule has 120 valence electrons. The lowest BCUT2D eigenvalue weighted by molar-refractivity contribution is -0.235. The number of ether oxygens (including phenoxy) is 1. The Kier molecular flexibility index (Phi) is 5.66. The van der Waals surface area contributed by atoms with Crippen molar-refractivity contribution in [3.63, 3.8) is 0 Å². The zero-order chi connectivity index (χ0) is 16.8. The van der Waals surface area contributed by atoms with E-state index in [0.29, 0.717) is 6.29 Å². The van der Waals surface area contributed by atoms with Gasteiger partial charge in [-0.2, -0.15) is 13.2 Å². The predicted octanol–water partition coefficient (Wildman–Crippen LogP) is 0.992. The summed E-state index contributed by atoms with van der Waals surface area (Å²) in [6.07, 6.45) is -2.75. The molecule has 0 amide bonds. The first kappa shape index (κ1) is 17.7. The summed E-state index contributed by atoms with van der Waals surface area (Å²) in [5.74, 6) is -3.44. The number of alkyl halides is 3. The average molecular weight is 318 g/mol. The smallest absolute Gasteiger partial charge is 0.407 e. The molecule has 0 heterocycles. The maximum Gasteiger partial charge on any atom is 0.407 e. The van der Waals surface area contributed by atoms with E-state index in [1.165, 1.54) is 24.3 Å². The van der Waals surface area contributed by atoms with Gasteiger partial charge in [0.15, 0.2) is 6.29 Å². The SMILES string of the molecule is NC=CC(=NCC(F)(F)F)C(O)(O)Oc1ccccc1C=O. The Labute approximate surface area is 123 Å². The summed E-state index contributed by atoms with van der Waals surface area (Å²) >= 11 is 0. The van der Waals surface area contributed by atoms with Gasteiger partial charge in [0.2, 0.25) is 0 Å². The lowest BCUT2D eigenvalue weighted by Gasteiger charge is -2.23. The number of halogens is 3. The Hall–Kier alpha value is -2.39. The quantitative estimate of drug-likeness (QED) is 0.412. The van der Waals surface area contributed by atoms with Crippen LogP contribution in [0.5, 0.6) is 5.75 Å². The van der Waals surface area contributed by atoms with Crippen LogP contribution in [0.3, 0.4) is 0 Å². The van der Waals surface area contributed by atoms with Gasteiger partial charge >= 0.3 is 12.1 Å². The average Bonchev–Trinajstić information content (AvgIpc) is 2.42. The van der Waals surface area contributed by atoms with Crippen LogP contribution in [-0.4, -0.2) is 40.9 Å². The normalized spacial score (nSPS) is 13.4. The summed E-state index contributed by atoms with van der Waals surface area (Å²) in [7, 11) is 0. The van der Waals surface area contributed by atoms with Crippen LogP contribution in [0.1, 0.15) is 10.4 Å². The molecule has 22 heavy (non-hydrogen) atoms. The van der Waals surface area contributed by atoms with Crippen LogP contribution in [0.2, 0.25) is 0 Å². The number of aliphatic imine (C=N–C) groups is 1. The predicted molar refractivity (Wildman–Crippen MR) is 71.3 cm³/mol. The molecule has 0 atom stereocenters. The molecule has 0 fully saturated rings. The molecule has 0 aromatic heterocycles. The number of carbonyl (C=O) groups is 1. The van der Waals surface area contributed by atoms with Crippen molar-refractivity contribution in [1.29, 1.82) is 0 Å². The molecule has 0 aliphatic rings. The highest BCUT2D eigenvalue weighted by atomic mass is 19.4. The second-order valence-electron chi connectivity index (χ2n) is 4.04. The molecule has 9 heteroatoms. The minimum atomic E-state index is -4.65. The first-order valence-electron chi connectivity index (χ1n) is 5.87. The number of rotatable bonds is 6. The van der Waals surface area contributed by atoms with Crippen molar-refractivity contribution in [2.75, 3.05) is 6.54 Å². The fourth-order valence-corrected chi connectivity index (χ4v) is 1.41. The van der Waals surface area contributed by atoms with E-state index in [4.69, 9.17) is 10.5 Å². The third-order valence-corrected chi connectivity index (χ3v) is 2.31. The second kappa shape index (κ2) is 7.05. The number of aldehydes is 1. The number of aliphatic hydroxyl groups is 2. The number of benzene rings is 1. The van der Waals surface area contributed by atoms with Gasteiger partial charge in [-0.15, -0.1) is 0 Å². The molecule has 0 radical (unpaired) electrons. The fourth-order valence-electron chi connectivity index (χ4n) is 1.41. The van der Waals surface area contributed by atoms with Gasteiger partial charge in [-0.1, -0.05) is 12.1 Å². The molecule has 0 saturated heterocycles. The summed E-state index contributed by atoms with van der Waals surface area (Å²) in [5.41, 5.74) is 4.14. The van der Waals surface area contributed by atoms with Crippen molar-refractivity contribution in [2.45, 2.75) is 12.1 Å². The highest BCUT2D eigenvalue weighted by Gasteiger charge is 2.35. The molecule has 0 aliphatic heterocycles. The Morgan fingerprint density at radius 3 is 2.50 bits per heavy atom. The molecule has 1 aromatic carbocycles. The third kappa shape index (κ3) is 5.19. The summed E-state index contributed by atoms with van der Waals surface area (Å²) in [4.78, 5) is 13.8. The van der Waals surface area contributed by atoms with Crippen molar-refractivity contribution in [1.82, 2.24) is 0 Å². The molecule has 0 aliphatic carbocycles. The van der Waals surface area contributed by atoms with Crippen LogP contribution in [-0.2, 0) is 0 Å². The summed E-state index contributed by atoms with van der Waals surface area (Å²) < 4.78 is 41.3. The summed E-state index contributed by atoms with van der Waals surface area (Å²) in [5, 5.41) is 19.6. The molecule has 0 spiro atoms. The number of carbonyl (C=O) groups excluding carboxylic acids is 1. The standard InChI is InChI=1S/C13H13F3N2O4/c14-12(15,16)8-18-11(5-6-17)13(20,21)22-10-4-2-1-3-9(10)7-19/h1-7,20-21H,8,17H2. The van der Waals surface area contributed by atoms with Gasteiger partial charge in [0.1, 0.15) is 18.0 Å². The molecule has 0 saturated carbocycles. The number of para-hydroxylation sites is 1. The number of hydrogen-bond donors (Lipinski definition) is 3. The number of hydrogen-bond acceptors (Lipinski definition) is 6. The molecular weight excluding hydrogens is 305 g/mol. The van der Waals surface area contributed by atoms with Gasteiger partial charge in [-0.25, -0.2) is 0 Å². The van der Waals surface area contributed by atoms with Crippen LogP contribution in [0.4, 0.5) is 13.2 Å². The van der Waals surface area contributed by atoms with Gasteiger partial charge in [-0.05, 0) is 24.4 Å². The second-order valence-corrected chi connectivity index (χ2v) is 4.04. The van der Waals surface area contributed by atoms with Crippen molar-refractivity contribution in [2.24, 2.45) is 10.7 Å². The highest BCUT2D eigenvalue weighted by Crippen LogP contribution is 2.22. The van der Waals surface area contributed by atoms with E-state index in [-0.39, 0.29) is 11.3 Å². The largest absolute Gasteiger partial charge is 0.434 e. The van der Waals surface area contributed by atoms with Crippen molar-refractivity contribution >= 4 is 12.0 Å². The monoisotopic (exact) mass is 318 g/mol. The molecule has 4 N–H and O–H groups in total. The minimum absolute atomic E-state index is 0.0260. The lowest BCUT2D eigenvalue weighted by Crippen LogP contribution is -2.44. The van der Waals surface area contributed by atoms with E-state index in [9.17, 15) is 28.2 Å². The van der Waals surface area contributed by atoms with Crippen molar-refractivity contribution in [3.05, 3.63) is 42.1 Å². The molecule has 1 rings (SSSR count). The van der Waals surface area contributed by atoms with Crippen LogP contribution >= 0.6 is 0 Å². The van der Waals surface area contributed by atoms with Crippen LogP contribution < -0.4 is 10.5 Å². The topological polar surface area (TPSA) is 105 Å². The van der Waals surface area contributed by atoms with Crippen LogP contribution in [0, 0.1) is 0 Å². The van der Waals surface area contributed by atoms with Crippen LogP contribution in [0.15, 0.2) is 41.5 Å². The first-order valence-corrected chi connectivity index (χ1v) is 5.87. The fraction of sp³-hybridized carbons (Fsp3) is 0.231. The Bertz CT molecular complexity index is 583. The van der Waals surface area contributed by atoms with E-state index in [1.807, 2.05) is 0 Å². The minimum Gasteiger partial charge on any atom is -0.434 e. The molecule has 0 unspecified atom stereocenters. The van der Waals surface area contributed by atoms with Gasteiger partial charge in [0.05, 0.1) is 5.56 Å². The van der Waals surface area contributed by atoms with E-state index >= 15 is 0 Å². The maximum absolute atomic E-state index is 12.2. The molecular formula is C13H13F3N2O4. The van der Waals surface area contributed by atoms with Gasteiger partial charge < -0.3 is 20.7 Å². The van der Waals surface area contributed by atoms with Crippen LogP contribution in [0.25, 0.3) is 0 Å². The Balaban J connectivity index is 3.09. The zero-order valence-corrected chi connectivity index (χ0v) is 11.1. The van der Waals surface area contributed by atoms with Gasteiger partial charge in [0.25, 0.3) is 0 Å². The molecule has 1 aromatic rings. The summed E-state index contributed by atoms with van der Waals surface area (Å²) in [6, 6.07) is 5.48. The third-order valence-electron chi connectivity index (χ3n) is 2.31. The van der Waals surface area contributed by atoms with E-state index in [0.717, 1.165) is 12.3 Å². The number of nitrogens with zero attached hydrogens (tertiary/aromatic N) is 1. The maximum atomic E-state index is 12.2. The van der Waals surface area contributed by atoms with Gasteiger partial charge in [0, 0.05) is 0 Å². The van der Waals surface area contributed by atoms with E-state index < -0.39 is 24.4 Å². The van der Waals surface area contributed by atoms with E-state index in [2.05, 4.69) is 4.99 Å².